The lowest BCUT2D eigenvalue weighted by molar-refractivity contribution is 0.571. The molecule has 1 aromatic carbocycles. The number of rotatable bonds is 4. The van der Waals surface area contributed by atoms with E-state index in [0.29, 0.717) is 6.04 Å². The largest absolute Gasteiger partial charge is 0.306 e. The van der Waals surface area contributed by atoms with Crippen LogP contribution in [0.25, 0.3) is 0 Å². The molecule has 0 bridgehead atoms. The molecular formula is C15H18N2. The van der Waals surface area contributed by atoms with Gasteiger partial charge >= 0.3 is 0 Å². The lowest BCUT2D eigenvalue weighted by Gasteiger charge is -2.16. The maximum absolute atomic E-state index is 4.11. The zero-order valence-corrected chi connectivity index (χ0v) is 10.4. The van der Waals surface area contributed by atoms with Crippen LogP contribution in [0.3, 0.4) is 0 Å². The van der Waals surface area contributed by atoms with Gasteiger partial charge in [-0.2, -0.15) is 0 Å². The fourth-order valence-electron chi connectivity index (χ4n) is 1.96. The molecule has 88 valence electrons. The van der Waals surface area contributed by atoms with Crippen LogP contribution >= 0.6 is 0 Å². The van der Waals surface area contributed by atoms with E-state index in [0.717, 1.165) is 6.54 Å². The maximum Gasteiger partial charge on any atom is 0.0312 e. The van der Waals surface area contributed by atoms with Gasteiger partial charge in [0.15, 0.2) is 0 Å². The van der Waals surface area contributed by atoms with Crippen LogP contribution in [0.15, 0.2) is 48.8 Å². The summed E-state index contributed by atoms with van der Waals surface area (Å²) in [5.41, 5.74) is 3.91. The minimum absolute atomic E-state index is 0.358. The first-order valence-corrected chi connectivity index (χ1v) is 5.95. The SMILES string of the molecule is Cc1ccccc1[C@H](C)NCc1cccnc1. The standard InChI is InChI=1S/C15H18N2/c1-12-6-3-4-8-15(12)13(2)17-11-14-7-5-9-16-10-14/h3-10,13,17H,11H2,1-2H3/t13-/m0/s1. The summed E-state index contributed by atoms with van der Waals surface area (Å²) >= 11 is 0. The number of benzene rings is 1. The van der Waals surface area contributed by atoms with Crippen LogP contribution in [-0.2, 0) is 6.54 Å². The normalized spacial score (nSPS) is 12.4. The van der Waals surface area contributed by atoms with Gasteiger partial charge in [0.05, 0.1) is 0 Å². The van der Waals surface area contributed by atoms with Crippen molar-refractivity contribution < 1.29 is 0 Å². The van der Waals surface area contributed by atoms with Crippen LogP contribution in [0, 0.1) is 6.92 Å². The molecular weight excluding hydrogens is 208 g/mol. The molecule has 0 unspecified atom stereocenters. The molecule has 2 nitrogen and oxygen atoms in total. The van der Waals surface area contributed by atoms with Crippen molar-refractivity contribution in [2.24, 2.45) is 0 Å². The van der Waals surface area contributed by atoms with Gasteiger partial charge in [-0.3, -0.25) is 4.98 Å². The summed E-state index contributed by atoms with van der Waals surface area (Å²) in [6, 6.07) is 12.9. The molecule has 1 N–H and O–H groups in total. The minimum atomic E-state index is 0.358. The number of aryl methyl sites for hydroxylation is 1. The predicted molar refractivity (Wildman–Crippen MR) is 70.7 cm³/mol. The Bertz CT molecular complexity index is 465. The molecule has 1 heterocycles. The van der Waals surface area contributed by atoms with Crippen LogP contribution in [0.4, 0.5) is 0 Å². The molecule has 17 heavy (non-hydrogen) atoms. The highest BCUT2D eigenvalue weighted by molar-refractivity contribution is 5.28. The first-order chi connectivity index (χ1) is 8.27. The van der Waals surface area contributed by atoms with Crippen molar-refractivity contribution in [3.63, 3.8) is 0 Å². The summed E-state index contributed by atoms with van der Waals surface area (Å²) in [5.74, 6) is 0. The van der Waals surface area contributed by atoms with Gasteiger partial charge in [0, 0.05) is 25.0 Å². The van der Waals surface area contributed by atoms with Crippen LogP contribution in [0.5, 0.6) is 0 Å². The highest BCUT2D eigenvalue weighted by Crippen LogP contribution is 2.16. The van der Waals surface area contributed by atoms with Crippen molar-refractivity contribution in [1.29, 1.82) is 0 Å². The molecule has 0 radical (unpaired) electrons. The van der Waals surface area contributed by atoms with E-state index in [9.17, 15) is 0 Å². The van der Waals surface area contributed by atoms with Crippen molar-refractivity contribution >= 4 is 0 Å². The molecule has 2 aromatic rings. The average Bonchev–Trinajstić information content (AvgIpc) is 2.38. The van der Waals surface area contributed by atoms with E-state index in [1.807, 2.05) is 12.3 Å². The Morgan fingerprint density at radius 1 is 1.18 bits per heavy atom. The van der Waals surface area contributed by atoms with E-state index in [1.54, 1.807) is 6.20 Å². The number of hydrogen-bond acceptors (Lipinski definition) is 2. The van der Waals surface area contributed by atoms with Crippen LogP contribution < -0.4 is 5.32 Å². The van der Waals surface area contributed by atoms with Crippen molar-refractivity contribution in [2.45, 2.75) is 26.4 Å². The summed E-state index contributed by atoms with van der Waals surface area (Å²) in [5, 5.41) is 3.52. The first-order valence-electron chi connectivity index (χ1n) is 5.95. The quantitative estimate of drug-likeness (QED) is 0.865. The van der Waals surface area contributed by atoms with E-state index in [2.05, 4.69) is 54.5 Å². The lowest BCUT2D eigenvalue weighted by atomic mass is 10.0. The second kappa shape index (κ2) is 5.60. The maximum atomic E-state index is 4.11. The first kappa shape index (κ1) is 11.8. The Kier molecular flexibility index (Phi) is 3.89. The molecule has 0 aliphatic carbocycles. The Morgan fingerprint density at radius 2 is 2.00 bits per heavy atom. The van der Waals surface area contributed by atoms with Crippen molar-refractivity contribution in [3.8, 4) is 0 Å². The number of nitrogens with one attached hydrogen (secondary N) is 1. The third kappa shape index (κ3) is 3.14. The van der Waals surface area contributed by atoms with E-state index < -0.39 is 0 Å². The molecule has 1 aromatic heterocycles. The molecule has 0 fully saturated rings. The Hall–Kier alpha value is -1.67. The van der Waals surface area contributed by atoms with Gasteiger partial charge in [-0.25, -0.2) is 0 Å². The molecule has 0 aliphatic rings. The lowest BCUT2D eigenvalue weighted by Crippen LogP contribution is -2.18. The predicted octanol–water partition coefficient (Wildman–Crippen LogP) is 3.24. The second-order valence-corrected chi connectivity index (χ2v) is 4.32. The third-order valence-electron chi connectivity index (χ3n) is 2.99. The molecule has 2 heteroatoms. The molecule has 0 aliphatic heterocycles. The van der Waals surface area contributed by atoms with Crippen molar-refractivity contribution in [2.75, 3.05) is 0 Å². The van der Waals surface area contributed by atoms with Gasteiger partial charge in [0.25, 0.3) is 0 Å². The highest BCUT2D eigenvalue weighted by Gasteiger charge is 2.06. The van der Waals surface area contributed by atoms with E-state index >= 15 is 0 Å². The zero-order valence-electron chi connectivity index (χ0n) is 10.4. The number of pyridine rings is 1. The van der Waals surface area contributed by atoms with Crippen LogP contribution in [-0.4, -0.2) is 4.98 Å². The molecule has 0 saturated heterocycles. The molecule has 0 spiro atoms. The monoisotopic (exact) mass is 226 g/mol. The Balaban J connectivity index is 1.99. The fourth-order valence-corrected chi connectivity index (χ4v) is 1.96. The fraction of sp³-hybridized carbons (Fsp3) is 0.267. The minimum Gasteiger partial charge on any atom is -0.306 e. The van der Waals surface area contributed by atoms with Gasteiger partial charge in [0.1, 0.15) is 0 Å². The summed E-state index contributed by atoms with van der Waals surface area (Å²) in [6.07, 6.45) is 3.70. The molecule has 0 amide bonds. The summed E-state index contributed by atoms with van der Waals surface area (Å²) in [6.45, 7) is 5.19. The van der Waals surface area contributed by atoms with E-state index in [1.165, 1.54) is 16.7 Å². The highest BCUT2D eigenvalue weighted by atomic mass is 14.9. The van der Waals surface area contributed by atoms with Crippen molar-refractivity contribution in [1.82, 2.24) is 10.3 Å². The van der Waals surface area contributed by atoms with Crippen molar-refractivity contribution in [3.05, 3.63) is 65.5 Å². The summed E-state index contributed by atoms with van der Waals surface area (Å²) in [7, 11) is 0. The molecule has 0 saturated carbocycles. The number of aromatic nitrogens is 1. The Morgan fingerprint density at radius 3 is 2.71 bits per heavy atom. The van der Waals surface area contributed by atoms with E-state index in [-0.39, 0.29) is 0 Å². The summed E-state index contributed by atoms with van der Waals surface area (Å²) in [4.78, 5) is 4.11. The molecule has 2 rings (SSSR count). The molecule has 1 atom stereocenters. The van der Waals surface area contributed by atoms with Crippen LogP contribution in [0.2, 0.25) is 0 Å². The number of nitrogens with zero attached hydrogens (tertiary/aromatic N) is 1. The van der Waals surface area contributed by atoms with Gasteiger partial charge in [-0.15, -0.1) is 0 Å². The van der Waals surface area contributed by atoms with E-state index in [4.69, 9.17) is 0 Å². The number of hydrogen-bond donors (Lipinski definition) is 1. The topological polar surface area (TPSA) is 24.9 Å². The second-order valence-electron chi connectivity index (χ2n) is 4.32. The van der Waals surface area contributed by atoms with Gasteiger partial charge in [-0.05, 0) is 36.6 Å². The van der Waals surface area contributed by atoms with Gasteiger partial charge in [0.2, 0.25) is 0 Å². The van der Waals surface area contributed by atoms with Crippen LogP contribution in [0.1, 0.15) is 29.7 Å². The third-order valence-corrected chi connectivity index (χ3v) is 2.99. The average molecular weight is 226 g/mol. The van der Waals surface area contributed by atoms with Gasteiger partial charge in [-0.1, -0.05) is 30.3 Å². The Labute approximate surface area is 103 Å². The zero-order chi connectivity index (χ0) is 12.1. The van der Waals surface area contributed by atoms with Gasteiger partial charge < -0.3 is 5.32 Å². The smallest absolute Gasteiger partial charge is 0.0312 e. The summed E-state index contributed by atoms with van der Waals surface area (Å²) < 4.78 is 0.